The van der Waals surface area contributed by atoms with Crippen molar-refractivity contribution in [1.82, 2.24) is 10.3 Å². The molecule has 16 heavy (non-hydrogen) atoms. The Labute approximate surface area is 95.3 Å². The van der Waals surface area contributed by atoms with Gasteiger partial charge in [-0.05, 0) is 23.4 Å². The number of nitrogens with zero attached hydrogens (tertiary/aromatic N) is 2. The fourth-order valence-electron chi connectivity index (χ4n) is 1.06. The van der Waals surface area contributed by atoms with Gasteiger partial charge in [-0.1, -0.05) is 16.8 Å². The number of nitrogens with two attached hydrogens (primary N) is 1. The van der Waals surface area contributed by atoms with Crippen LogP contribution in [0.2, 0.25) is 5.02 Å². The Morgan fingerprint density at radius 3 is 2.94 bits per heavy atom. The van der Waals surface area contributed by atoms with E-state index in [1.807, 2.05) is 0 Å². The van der Waals surface area contributed by atoms with Gasteiger partial charge in [0, 0.05) is 5.69 Å². The average molecular weight is 239 g/mol. The summed E-state index contributed by atoms with van der Waals surface area (Å²) in [6.45, 7) is 0. The third-order valence-corrected chi connectivity index (χ3v) is 2.18. The molecule has 1 aromatic heterocycles. The molecule has 0 saturated carbocycles. The summed E-state index contributed by atoms with van der Waals surface area (Å²) in [6, 6.07) is 4.77. The Morgan fingerprint density at radius 2 is 2.31 bits per heavy atom. The fourth-order valence-corrected chi connectivity index (χ4v) is 1.25. The van der Waals surface area contributed by atoms with Crippen molar-refractivity contribution < 1.29 is 9.42 Å². The number of hydrogen-bond donors (Lipinski definition) is 2. The quantitative estimate of drug-likeness (QED) is 0.775. The topological polar surface area (TPSA) is 94.0 Å². The lowest BCUT2D eigenvalue weighted by molar-refractivity contribution is 0.101. The molecule has 0 fully saturated rings. The molecule has 0 aliphatic carbocycles. The third-order valence-electron chi connectivity index (χ3n) is 1.85. The fraction of sp³-hybridized carbons (Fsp3) is 0. The number of halogens is 1. The molecule has 0 saturated heterocycles. The first kappa shape index (κ1) is 10.4. The van der Waals surface area contributed by atoms with Crippen molar-refractivity contribution in [3.05, 3.63) is 35.1 Å². The Kier molecular flexibility index (Phi) is 2.74. The summed E-state index contributed by atoms with van der Waals surface area (Å²) in [4.78, 5) is 11.5. The number of carbonyl (C=O) groups excluding carboxylic acids is 1. The lowest BCUT2D eigenvalue weighted by Crippen LogP contribution is -2.12. The third kappa shape index (κ3) is 2.12. The van der Waals surface area contributed by atoms with E-state index in [1.165, 1.54) is 6.20 Å². The number of hydrogen-bond acceptors (Lipinski definition) is 5. The number of anilines is 2. The van der Waals surface area contributed by atoms with E-state index < -0.39 is 5.91 Å². The first-order chi connectivity index (χ1) is 7.66. The molecule has 1 aromatic carbocycles. The minimum Gasteiger partial charge on any atom is -0.398 e. The van der Waals surface area contributed by atoms with Crippen LogP contribution in [0.1, 0.15) is 10.5 Å². The largest absolute Gasteiger partial charge is 0.398 e. The van der Waals surface area contributed by atoms with E-state index in [4.69, 9.17) is 17.3 Å². The standard InChI is InChI=1S/C9H7ClN4O2/c10-6-3-5(1-2-7(6)11)13-9(15)8-4-12-16-14-8/h1-4H,11H2,(H,13,15). The molecule has 2 rings (SSSR count). The normalized spacial score (nSPS) is 10.1. The number of aromatic nitrogens is 2. The van der Waals surface area contributed by atoms with Crippen LogP contribution in [0.4, 0.5) is 11.4 Å². The Balaban J connectivity index is 2.15. The van der Waals surface area contributed by atoms with Crippen LogP contribution >= 0.6 is 11.6 Å². The van der Waals surface area contributed by atoms with Gasteiger partial charge in [-0.25, -0.2) is 4.63 Å². The molecule has 2 aromatic rings. The maximum atomic E-state index is 11.5. The summed E-state index contributed by atoms with van der Waals surface area (Å²) in [5.41, 5.74) is 6.59. The molecule has 0 aliphatic rings. The van der Waals surface area contributed by atoms with Gasteiger partial charge in [0.05, 0.1) is 10.7 Å². The predicted molar refractivity (Wildman–Crippen MR) is 58.1 cm³/mol. The maximum absolute atomic E-state index is 11.5. The second kappa shape index (κ2) is 4.19. The highest BCUT2D eigenvalue weighted by atomic mass is 35.5. The van der Waals surface area contributed by atoms with Crippen molar-refractivity contribution in [2.24, 2.45) is 0 Å². The number of benzene rings is 1. The Bertz CT molecular complexity index is 512. The monoisotopic (exact) mass is 238 g/mol. The van der Waals surface area contributed by atoms with Gasteiger partial charge in [0.1, 0.15) is 6.20 Å². The molecule has 7 heteroatoms. The van der Waals surface area contributed by atoms with Crippen LogP contribution in [0.25, 0.3) is 0 Å². The van der Waals surface area contributed by atoms with Crippen LogP contribution in [0, 0.1) is 0 Å². The number of rotatable bonds is 2. The van der Waals surface area contributed by atoms with Gasteiger partial charge in [-0.15, -0.1) is 0 Å². The van der Waals surface area contributed by atoms with Crippen LogP contribution in [0.3, 0.4) is 0 Å². The first-order valence-corrected chi connectivity index (χ1v) is 4.68. The molecule has 1 heterocycles. The van der Waals surface area contributed by atoms with E-state index in [0.29, 0.717) is 16.4 Å². The molecule has 0 spiro atoms. The van der Waals surface area contributed by atoms with Gasteiger partial charge in [-0.3, -0.25) is 4.79 Å². The number of nitrogen functional groups attached to an aromatic ring is 1. The molecule has 0 atom stereocenters. The van der Waals surface area contributed by atoms with Crippen LogP contribution in [0.15, 0.2) is 29.0 Å². The summed E-state index contributed by atoms with van der Waals surface area (Å²) in [6.07, 6.45) is 1.22. The van der Waals surface area contributed by atoms with Crippen LogP contribution in [-0.4, -0.2) is 16.2 Å². The Hall–Kier alpha value is -2.08. The number of carbonyl (C=O) groups is 1. The highest BCUT2D eigenvalue weighted by molar-refractivity contribution is 6.33. The number of amides is 1. The zero-order chi connectivity index (χ0) is 11.5. The maximum Gasteiger partial charge on any atom is 0.279 e. The zero-order valence-electron chi connectivity index (χ0n) is 7.98. The van der Waals surface area contributed by atoms with Crippen molar-refractivity contribution in [3.63, 3.8) is 0 Å². The van der Waals surface area contributed by atoms with E-state index in [9.17, 15) is 4.79 Å². The predicted octanol–water partition coefficient (Wildman–Crippen LogP) is 1.56. The minimum atomic E-state index is -0.429. The second-order valence-electron chi connectivity index (χ2n) is 2.98. The van der Waals surface area contributed by atoms with Gasteiger partial charge in [0.15, 0.2) is 5.69 Å². The van der Waals surface area contributed by atoms with Crippen molar-refractivity contribution in [3.8, 4) is 0 Å². The van der Waals surface area contributed by atoms with Gasteiger partial charge in [0.2, 0.25) is 0 Å². The smallest absolute Gasteiger partial charge is 0.279 e. The summed E-state index contributed by atoms with van der Waals surface area (Å²) in [5, 5.41) is 9.66. The van der Waals surface area contributed by atoms with Gasteiger partial charge in [-0.2, -0.15) is 0 Å². The molecule has 82 valence electrons. The van der Waals surface area contributed by atoms with E-state index in [2.05, 4.69) is 20.3 Å². The lowest BCUT2D eigenvalue weighted by atomic mass is 10.3. The van der Waals surface area contributed by atoms with Crippen molar-refractivity contribution in [2.45, 2.75) is 0 Å². The van der Waals surface area contributed by atoms with Crippen molar-refractivity contribution >= 4 is 28.9 Å². The SMILES string of the molecule is Nc1ccc(NC(=O)c2cnon2)cc1Cl. The minimum absolute atomic E-state index is 0.0907. The van der Waals surface area contributed by atoms with E-state index >= 15 is 0 Å². The molecule has 0 unspecified atom stereocenters. The highest BCUT2D eigenvalue weighted by Gasteiger charge is 2.10. The van der Waals surface area contributed by atoms with Gasteiger partial charge < -0.3 is 11.1 Å². The van der Waals surface area contributed by atoms with Crippen LogP contribution in [-0.2, 0) is 0 Å². The molecule has 0 bridgehead atoms. The average Bonchev–Trinajstić information content (AvgIpc) is 2.77. The van der Waals surface area contributed by atoms with Crippen LogP contribution < -0.4 is 11.1 Å². The molecule has 1 amide bonds. The van der Waals surface area contributed by atoms with Crippen molar-refractivity contribution in [2.75, 3.05) is 11.1 Å². The summed E-state index contributed by atoms with van der Waals surface area (Å²) in [5.74, 6) is -0.429. The highest BCUT2D eigenvalue weighted by Crippen LogP contribution is 2.22. The molecule has 6 nitrogen and oxygen atoms in total. The molecular weight excluding hydrogens is 232 g/mol. The zero-order valence-corrected chi connectivity index (χ0v) is 8.73. The summed E-state index contributed by atoms with van der Waals surface area (Å²) in [7, 11) is 0. The lowest BCUT2D eigenvalue weighted by Gasteiger charge is -2.04. The molecular formula is C9H7ClN4O2. The van der Waals surface area contributed by atoms with Gasteiger partial charge >= 0.3 is 0 Å². The van der Waals surface area contributed by atoms with E-state index in [0.717, 1.165) is 0 Å². The molecule has 0 radical (unpaired) electrons. The number of nitrogens with one attached hydrogen (secondary N) is 1. The first-order valence-electron chi connectivity index (χ1n) is 4.31. The van der Waals surface area contributed by atoms with Crippen LogP contribution in [0.5, 0.6) is 0 Å². The van der Waals surface area contributed by atoms with E-state index in [1.54, 1.807) is 18.2 Å². The summed E-state index contributed by atoms with van der Waals surface area (Å²) >= 11 is 5.80. The molecule has 0 aliphatic heterocycles. The Morgan fingerprint density at radius 1 is 1.50 bits per heavy atom. The van der Waals surface area contributed by atoms with Gasteiger partial charge in [0.25, 0.3) is 5.91 Å². The molecule has 3 N–H and O–H groups in total. The van der Waals surface area contributed by atoms with Crippen molar-refractivity contribution in [1.29, 1.82) is 0 Å². The van der Waals surface area contributed by atoms with E-state index in [-0.39, 0.29) is 5.69 Å². The summed E-state index contributed by atoms with van der Waals surface area (Å²) < 4.78 is 4.31. The second-order valence-corrected chi connectivity index (χ2v) is 3.39.